The van der Waals surface area contributed by atoms with Crippen molar-refractivity contribution >= 4 is 87.0 Å². The fraction of sp³-hybridized carbons (Fsp3) is 0.154. The minimum atomic E-state index is -0.328. The van der Waals surface area contributed by atoms with Gasteiger partial charge in [-0.15, -0.1) is 0 Å². The number of ketones is 2. The van der Waals surface area contributed by atoms with E-state index >= 15 is 0 Å². The first kappa shape index (κ1) is 26.7. The van der Waals surface area contributed by atoms with E-state index < -0.39 is 0 Å². The molecular formula is C26H16Cl5FN2O2S. The molecule has 0 bridgehead atoms. The van der Waals surface area contributed by atoms with Crippen molar-refractivity contribution in [2.75, 3.05) is 31.1 Å². The summed E-state index contributed by atoms with van der Waals surface area (Å²) in [6.45, 7) is 2.05. The van der Waals surface area contributed by atoms with Gasteiger partial charge < -0.3 is 9.80 Å². The van der Waals surface area contributed by atoms with Crippen LogP contribution >= 0.6 is 69.8 Å². The van der Waals surface area contributed by atoms with Crippen LogP contribution in [0.1, 0.15) is 20.7 Å². The Kier molecular flexibility index (Phi) is 7.70. The molecule has 3 aromatic rings. The van der Waals surface area contributed by atoms with E-state index in [1.165, 1.54) is 12.1 Å². The molecule has 0 unspecified atom stereocenters. The number of hydrogen-bond acceptors (Lipinski definition) is 5. The molecule has 190 valence electrons. The van der Waals surface area contributed by atoms with Gasteiger partial charge >= 0.3 is 0 Å². The molecule has 5 rings (SSSR count). The zero-order valence-electron chi connectivity index (χ0n) is 18.8. The molecule has 11 heteroatoms. The molecule has 0 atom stereocenters. The number of benzene rings is 3. The molecule has 37 heavy (non-hydrogen) atoms. The molecule has 0 radical (unpaired) electrons. The number of Topliss-reactive ketones (excluding diaryl/α,β-unsaturated/α-hetero) is 2. The molecule has 2 aliphatic rings. The molecule has 4 nitrogen and oxygen atoms in total. The van der Waals surface area contributed by atoms with Gasteiger partial charge in [0.15, 0.2) is 0 Å². The first-order valence-corrected chi connectivity index (χ1v) is 13.8. The maximum atomic E-state index is 13.7. The number of anilines is 1. The zero-order valence-corrected chi connectivity index (χ0v) is 23.4. The summed E-state index contributed by atoms with van der Waals surface area (Å²) in [5.74, 6) is -0.907. The van der Waals surface area contributed by atoms with Crippen LogP contribution < -0.4 is 4.90 Å². The van der Waals surface area contributed by atoms with E-state index in [0.717, 1.165) is 17.4 Å². The van der Waals surface area contributed by atoms with Gasteiger partial charge in [-0.2, -0.15) is 0 Å². The molecule has 1 aliphatic heterocycles. The van der Waals surface area contributed by atoms with Crippen molar-refractivity contribution in [1.82, 2.24) is 4.90 Å². The Morgan fingerprint density at radius 3 is 1.70 bits per heavy atom. The number of halogens is 6. The molecule has 0 spiro atoms. The molecule has 1 fully saturated rings. The number of nitrogens with zero attached hydrogens (tertiary/aromatic N) is 2. The smallest absolute Gasteiger partial charge is 0.211 e. The minimum absolute atomic E-state index is 0.00481. The second kappa shape index (κ2) is 10.7. The Hall–Kier alpha value is -1.93. The lowest BCUT2D eigenvalue weighted by Gasteiger charge is -2.39. The lowest BCUT2D eigenvalue weighted by Crippen LogP contribution is -2.48. The van der Waals surface area contributed by atoms with Crippen LogP contribution in [0.4, 0.5) is 10.1 Å². The van der Waals surface area contributed by atoms with Crippen molar-refractivity contribution in [3.05, 3.63) is 101 Å². The zero-order chi connectivity index (χ0) is 26.4. The molecule has 1 aliphatic carbocycles. The minimum Gasteiger partial charge on any atom is -0.368 e. The maximum Gasteiger partial charge on any atom is 0.211 e. The number of fused-ring (bicyclic) bond motifs is 1. The van der Waals surface area contributed by atoms with Crippen LogP contribution in [0.15, 0.2) is 64.0 Å². The first-order chi connectivity index (χ1) is 17.7. The first-order valence-electron chi connectivity index (χ1n) is 11.1. The van der Waals surface area contributed by atoms with Gasteiger partial charge in [0.2, 0.25) is 11.6 Å². The quantitative estimate of drug-likeness (QED) is 0.218. The summed E-state index contributed by atoms with van der Waals surface area (Å²) in [7, 11) is 0. The Morgan fingerprint density at radius 1 is 0.649 bits per heavy atom. The van der Waals surface area contributed by atoms with Gasteiger partial charge in [0, 0.05) is 43.0 Å². The largest absolute Gasteiger partial charge is 0.368 e. The van der Waals surface area contributed by atoms with Crippen molar-refractivity contribution in [1.29, 1.82) is 0 Å². The van der Waals surface area contributed by atoms with Crippen molar-refractivity contribution in [3.8, 4) is 0 Å². The molecule has 1 saturated heterocycles. The van der Waals surface area contributed by atoms with Gasteiger partial charge in [0.1, 0.15) is 11.5 Å². The monoisotopic (exact) mass is 614 g/mol. The van der Waals surface area contributed by atoms with Crippen LogP contribution in [0, 0.1) is 5.82 Å². The normalized spacial score (nSPS) is 15.9. The third-order valence-electron chi connectivity index (χ3n) is 6.21. The van der Waals surface area contributed by atoms with Gasteiger partial charge in [0.25, 0.3) is 0 Å². The maximum absolute atomic E-state index is 13.7. The van der Waals surface area contributed by atoms with Crippen LogP contribution in [0.5, 0.6) is 0 Å². The number of carbonyl (C=O) groups is 2. The fourth-order valence-corrected chi connectivity index (χ4v) is 6.93. The van der Waals surface area contributed by atoms with Gasteiger partial charge in [-0.3, -0.25) is 9.59 Å². The van der Waals surface area contributed by atoms with Crippen molar-refractivity contribution < 1.29 is 14.0 Å². The summed E-state index contributed by atoms with van der Waals surface area (Å²) < 4.78 is 13.4. The highest BCUT2D eigenvalue weighted by molar-refractivity contribution is 8.04. The molecule has 0 N–H and O–H groups in total. The van der Waals surface area contributed by atoms with Crippen molar-refractivity contribution in [2.24, 2.45) is 0 Å². The molecule has 3 aromatic carbocycles. The Morgan fingerprint density at radius 2 is 1.14 bits per heavy atom. The molecule has 0 aromatic heterocycles. The van der Waals surface area contributed by atoms with E-state index in [-0.39, 0.29) is 58.0 Å². The summed E-state index contributed by atoms with van der Waals surface area (Å²) in [6, 6.07) is 12.9. The van der Waals surface area contributed by atoms with E-state index in [4.69, 9.17) is 58.0 Å². The standard InChI is InChI=1S/C26H16Cl5FN2O2S/c27-17-18(28)20(30)25(21(31)19(17)29)37-26-22(23(35)15-3-1-2-4-16(15)24(26)36)34-11-9-33(10-12-34)14-7-5-13(32)6-8-14/h1-8H,9-12H2. The Balaban J connectivity index is 1.55. The lowest BCUT2D eigenvalue weighted by atomic mass is 9.91. The third kappa shape index (κ3) is 4.84. The summed E-state index contributed by atoms with van der Waals surface area (Å²) in [4.78, 5) is 31.9. The number of thioether (sulfide) groups is 1. The Labute approximate surface area is 241 Å². The summed E-state index contributed by atoms with van der Waals surface area (Å²) >= 11 is 32.5. The summed E-state index contributed by atoms with van der Waals surface area (Å²) in [5, 5.41) is 0.0945. The van der Waals surface area contributed by atoms with Crippen LogP contribution in [0.2, 0.25) is 25.1 Å². The second-order valence-electron chi connectivity index (χ2n) is 8.33. The molecule has 0 amide bonds. The predicted molar refractivity (Wildman–Crippen MR) is 150 cm³/mol. The average molecular weight is 617 g/mol. The van der Waals surface area contributed by atoms with Crippen molar-refractivity contribution in [2.45, 2.75) is 4.90 Å². The number of piperazine rings is 1. The molecule has 1 heterocycles. The molecular weight excluding hydrogens is 601 g/mol. The lowest BCUT2D eigenvalue weighted by molar-refractivity contribution is 0.0945. The second-order valence-corrected chi connectivity index (χ2v) is 11.2. The van der Waals surface area contributed by atoms with E-state index in [1.54, 1.807) is 36.4 Å². The predicted octanol–water partition coefficient (Wildman–Crippen LogP) is 8.30. The Bertz CT molecular complexity index is 1440. The third-order valence-corrected chi connectivity index (χ3v) is 9.91. The summed E-state index contributed by atoms with van der Waals surface area (Å²) in [6.07, 6.45) is 0. The summed E-state index contributed by atoms with van der Waals surface area (Å²) in [5.41, 5.74) is 1.77. The van der Waals surface area contributed by atoms with E-state index in [9.17, 15) is 14.0 Å². The van der Waals surface area contributed by atoms with Crippen molar-refractivity contribution in [3.63, 3.8) is 0 Å². The average Bonchev–Trinajstić information content (AvgIpc) is 2.92. The fourth-order valence-electron chi connectivity index (χ4n) is 4.34. The van der Waals surface area contributed by atoms with Crippen LogP contribution in [-0.4, -0.2) is 42.6 Å². The highest BCUT2D eigenvalue weighted by Gasteiger charge is 2.37. The highest BCUT2D eigenvalue weighted by Crippen LogP contribution is 2.51. The molecule has 0 saturated carbocycles. The van der Waals surface area contributed by atoms with E-state index in [1.807, 2.05) is 4.90 Å². The van der Waals surface area contributed by atoms with E-state index in [0.29, 0.717) is 37.3 Å². The van der Waals surface area contributed by atoms with Crippen LogP contribution in [-0.2, 0) is 0 Å². The van der Waals surface area contributed by atoms with Gasteiger partial charge in [0.05, 0.1) is 34.9 Å². The SMILES string of the molecule is O=C1C(Sc2c(Cl)c(Cl)c(Cl)c(Cl)c2Cl)=C(N2CCN(c3ccc(F)cc3)CC2)C(=O)c2ccccc21. The number of rotatable bonds is 4. The number of carbonyl (C=O) groups excluding carboxylic acids is 2. The van der Waals surface area contributed by atoms with Gasteiger partial charge in [-0.25, -0.2) is 4.39 Å². The van der Waals surface area contributed by atoms with Crippen LogP contribution in [0.3, 0.4) is 0 Å². The van der Waals surface area contributed by atoms with E-state index in [2.05, 4.69) is 4.90 Å². The van der Waals surface area contributed by atoms with Gasteiger partial charge in [-0.05, 0) is 24.3 Å². The van der Waals surface area contributed by atoms with Gasteiger partial charge in [-0.1, -0.05) is 94.0 Å². The number of hydrogen-bond donors (Lipinski definition) is 0. The topological polar surface area (TPSA) is 40.6 Å². The van der Waals surface area contributed by atoms with Crippen LogP contribution in [0.25, 0.3) is 0 Å². The number of allylic oxidation sites excluding steroid dienone is 2. The highest BCUT2D eigenvalue weighted by atomic mass is 35.5.